The van der Waals surface area contributed by atoms with Crippen LogP contribution in [0.15, 0.2) is 72.8 Å². The van der Waals surface area contributed by atoms with Crippen LogP contribution in [0.25, 0.3) is 0 Å². The van der Waals surface area contributed by atoms with Crippen molar-refractivity contribution in [3.63, 3.8) is 0 Å². The maximum atomic E-state index is 10.3. The molecule has 32 heavy (non-hydrogen) atoms. The molecule has 0 bridgehead atoms. The quantitative estimate of drug-likeness (QED) is 0.382. The number of nitrogens with zero attached hydrogens (tertiary/aromatic N) is 4. The zero-order valence-corrected chi connectivity index (χ0v) is 15.8. The van der Waals surface area contributed by atoms with Crippen molar-refractivity contribution in [3.05, 3.63) is 113 Å². The number of hydrogen-bond donors (Lipinski definition) is 0. The van der Waals surface area contributed by atoms with Crippen LogP contribution in [0.4, 0.5) is 22.7 Å². The van der Waals surface area contributed by atoms with Gasteiger partial charge in [-0.2, -0.15) is 0 Å². The van der Waals surface area contributed by atoms with Crippen LogP contribution in [0.3, 0.4) is 0 Å². The SMILES string of the molecule is O=C1C=CC(=O)C=C1.O=[N+]([O-])c1cc([N+](=O)[O-])cc([N+](=O)[O-])c1.O=[N+]([O-])c1ccccc1. The first-order chi connectivity index (χ1) is 15.0. The third kappa shape index (κ3) is 8.48. The number of non-ortho nitro benzene ring substituents is 4. The van der Waals surface area contributed by atoms with Crippen molar-refractivity contribution in [2.45, 2.75) is 0 Å². The van der Waals surface area contributed by atoms with Gasteiger partial charge in [0, 0.05) is 12.1 Å². The predicted octanol–water partition coefficient (Wildman–Crippen LogP) is 3.26. The molecule has 0 spiro atoms. The molecule has 0 fully saturated rings. The molecule has 14 heteroatoms. The Morgan fingerprint density at radius 1 is 0.469 bits per heavy atom. The van der Waals surface area contributed by atoms with E-state index in [2.05, 4.69) is 0 Å². The van der Waals surface area contributed by atoms with E-state index in [1.54, 1.807) is 18.2 Å². The molecule has 0 N–H and O–H groups in total. The third-order valence-electron chi connectivity index (χ3n) is 3.31. The fraction of sp³-hybridized carbons (Fsp3) is 0. The number of rotatable bonds is 4. The Hall–Kier alpha value is -5.14. The number of hydrogen-bond acceptors (Lipinski definition) is 10. The molecule has 0 saturated carbocycles. The molecular weight excluding hydrogens is 432 g/mol. The molecule has 0 aliphatic heterocycles. The van der Waals surface area contributed by atoms with Crippen molar-refractivity contribution in [2.75, 3.05) is 0 Å². The lowest BCUT2D eigenvalue weighted by Crippen LogP contribution is -1.97. The molecule has 1 aliphatic carbocycles. The third-order valence-corrected chi connectivity index (χ3v) is 3.31. The zero-order chi connectivity index (χ0) is 24.3. The molecule has 0 amide bonds. The monoisotopic (exact) mass is 444 g/mol. The van der Waals surface area contributed by atoms with Crippen molar-refractivity contribution in [1.82, 2.24) is 0 Å². The summed E-state index contributed by atoms with van der Waals surface area (Å²) >= 11 is 0. The van der Waals surface area contributed by atoms with Gasteiger partial charge in [-0.3, -0.25) is 50.0 Å². The fourth-order valence-corrected chi connectivity index (χ4v) is 1.89. The first kappa shape index (κ1) is 24.9. The smallest absolute Gasteiger partial charge is 0.283 e. The van der Waals surface area contributed by atoms with E-state index >= 15 is 0 Å². The standard InChI is InChI=1S/C6H3N3O6.C6H5NO2.C6H4O2/c10-7(11)4-1-5(8(12)13)3-6(2-4)9(14)15;8-7(9)6-4-2-1-3-5-6;7-5-1-2-6(8)4-3-5/h1-3H;1-5H;1-4H. The lowest BCUT2D eigenvalue weighted by molar-refractivity contribution is -0.403. The molecule has 2 aromatic carbocycles. The van der Waals surface area contributed by atoms with E-state index in [4.69, 9.17) is 0 Å². The maximum Gasteiger partial charge on any atom is 0.283 e. The summed E-state index contributed by atoms with van der Waals surface area (Å²) in [5, 5.41) is 40.9. The Bertz CT molecular complexity index is 1010. The minimum atomic E-state index is -0.931. The van der Waals surface area contributed by atoms with E-state index in [1.807, 2.05) is 0 Å². The second-order valence-corrected chi connectivity index (χ2v) is 5.54. The molecule has 0 heterocycles. The highest BCUT2D eigenvalue weighted by atomic mass is 16.6. The summed E-state index contributed by atoms with van der Waals surface area (Å²) in [4.78, 5) is 58.3. The van der Waals surface area contributed by atoms with Crippen LogP contribution in [-0.2, 0) is 9.59 Å². The van der Waals surface area contributed by atoms with E-state index in [0.717, 1.165) is 0 Å². The van der Waals surface area contributed by atoms with Crippen molar-refractivity contribution >= 4 is 34.3 Å². The Morgan fingerprint density at radius 2 is 0.750 bits per heavy atom. The summed E-state index contributed by atoms with van der Waals surface area (Å²) in [5.41, 5.74) is -1.92. The van der Waals surface area contributed by atoms with Crippen LogP contribution in [-0.4, -0.2) is 31.3 Å². The molecule has 0 unspecified atom stereocenters. The van der Waals surface area contributed by atoms with Gasteiger partial charge in [-0.05, 0) is 24.3 Å². The minimum Gasteiger partial charge on any atom is -0.290 e. The summed E-state index contributed by atoms with van der Waals surface area (Å²) < 4.78 is 0. The lowest BCUT2D eigenvalue weighted by Gasteiger charge is -1.93. The van der Waals surface area contributed by atoms with Crippen LogP contribution in [0.2, 0.25) is 0 Å². The van der Waals surface area contributed by atoms with Crippen molar-refractivity contribution in [3.8, 4) is 0 Å². The highest BCUT2D eigenvalue weighted by molar-refractivity contribution is 6.14. The van der Waals surface area contributed by atoms with Gasteiger partial charge >= 0.3 is 0 Å². The molecule has 14 nitrogen and oxygen atoms in total. The van der Waals surface area contributed by atoms with E-state index in [9.17, 15) is 50.0 Å². The lowest BCUT2D eigenvalue weighted by atomic mass is 10.2. The van der Waals surface area contributed by atoms with Crippen LogP contribution in [0, 0.1) is 40.5 Å². The summed E-state index contributed by atoms with van der Waals surface area (Å²) in [5.74, 6) is -0.241. The van der Waals surface area contributed by atoms with Gasteiger partial charge in [0.05, 0.1) is 37.9 Å². The average Bonchev–Trinajstić information content (AvgIpc) is 2.77. The summed E-state index contributed by atoms with van der Waals surface area (Å²) in [7, 11) is 0. The summed E-state index contributed by atoms with van der Waals surface area (Å²) in [6.45, 7) is 0. The fourth-order valence-electron chi connectivity index (χ4n) is 1.89. The topological polar surface area (TPSA) is 207 Å². The summed E-state index contributed by atoms with van der Waals surface area (Å²) in [6, 6.07) is 9.91. The van der Waals surface area contributed by atoms with Crippen LogP contribution in [0.5, 0.6) is 0 Å². The Balaban J connectivity index is 0.000000257. The minimum absolute atomic E-state index is 0.121. The molecule has 0 saturated heterocycles. The van der Waals surface area contributed by atoms with E-state index in [1.165, 1.54) is 36.4 Å². The number of nitro groups is 4. The second kappa shape index (κ2) is 11.8. The van der Waals surface area contributed by atoms with E-state index < -0.39 is 36.8 Å². The van der Waals surface area contributed by atoms with E-state index in [0.29, 0.717) is 18.2 Å². The molecule has 0 aromatic heterocycles. The molecule has 1 aliphatic rings. The van der Waals surface area contributed by atoms with Gasteiger partial charge in [0.15, 0.2) is 11.6 Å². The van der Waals surface area contributed by atoms with Gasteiger partial charge in [-0.15, -0.1) is 0 Å². The van der Waals surface area contributed by atoms with Crippen LogP contribution < -0.4 is 0 Å². The molecule has 2 aromatic rings. The van der Waals surface area contributed by atoms with Gasteiger partial charge in [0.2, 0.25) is 0 Å². The highest BCUT2D eigenvalue weighted by Crippen LogP contribution is 2.26. The largest absolute Gasteiger partial charge is 0.290 e. The number of benzene rings is 2. The van der Waals surface area contributed by atoms with Crippen LogP contribution in [0.1, 0.15) is 0 Å². The average molecular weight is 444 g/mol. The first-order valence-corrected chi connectivity index (χ1v) is 8.23. The predicted molar refractivity (Wildman–Crippen MR) is 108 cm³/mol. The van der Waals surface area contributed by atoms with Crippen molar-refractivity contribution < 1.29 is 29.3 Å². The number of nitro benzene ring substituents is 4. The number of allylic oxidation sites excluding steroid dienone is 4. The molecule has 0 radical (unpaired) electrons. The van der Waals surface area contributed by atoms with Gasteiger partial charge < -0.3 is 0 Å². The van der Waals surface area contributed by atoms with Crippen LogP contribution >= 0.6 is 0 Å². The number of para-hydroxylation sites is 1. The van der Waals surface area contributed by atoms with Gasteiger partial charge in [0.25, 0.3) is 22.7 Å². The Morgan fingerprint density at radius 3 is 0.969 bits per heavy atom. The highest BCUT2D eigenvalue weighted by Gasteiger charge is 2.21. The number of carbonyl (C=O) groups excluding carboxylic acids is 2. The van der Waals surface area contributed by atoms with Crippen molar-refractivity contribution in [2.24, 2.45) is 0 Å². The van der Waals surface area contributed by atoms with Gasteiger partial charge in [0.1, 0.15) is 0 Å². The second-order valence-electron chi connectivity index (χ2n) is 5.54. The van der Waals surface area contributed by atoms with E-state index in [-0.39, 0.29) is 17.3 Å². The number of carbonyl (C=O) groups is 2. The first-order valence-electron chi connectivity index (χ1n) is 8.23. The molecular formula is C18H12N4O10. The van der Waals surface area contributed by atoms with Crippen molar-refractivity contribution in [1.29, 1.82) is 0 Å². The Kier molecular flexibility index (Phi) is 9.15. The van der Waals surface area contributed by atoms with Gasteiger partial charge in [-0.1, -0.05) is 18.2 Å². The zero-order valence-electron chi connectivity index (χ0n) is 15.8. The summed E-state index contributed by atoms with van der Waals surface area (Å²) in [6.07, 6.45) is 5.01. The molecule has 0 atom stereocenters. The normalized spacial score (nSPS) is 11.4. The maximum absolute atomic E-state index is 10.3. The number of ketones is 2. The molecule has 164 valence electrons. The Labute approximate surface area is 177 Å². The van der Waals surface area contributed by atoms with Gasteiger partial charge in [-0.25, -0.2) is 0 Å². The molecule has 3 rings (SSSR count).